The second-order valence-corrected chi connectivity index (χ2v) is 5.35. The van der Waals surface area contributed by atoms with E-state index in [4.69, 9.17) is 0 Å². The lowest BCUT2D eigenvalue weighted by atomic mass is 10.0. The number of rotatable bonds is 5. The second-order valence-electron chi connectivity index (χ2n) is 4.34. The molecule has 0 bridgehead atoms. The van der Waals surface area contributed by atoms with Gasteiger partial charge in [-0.2, -0.15) is 0 Å². The normalized spacial score (nSPS) is 11.2. The minimum Gasteiger partial charge on any atom is -0.134 e. The molecule has 0 aromatic heterocycles. The van der Waals surface area contributed by atoms with Gasteiger partial charge in [0, 0.05) is 0 Å². The van der Waals surface area contributed by atoms with Crippen molar-refractivity contribution in [3.05, 3.63) is 39.8 Å². The molecular weight excluding hydrogens is 212 g/mol. The second kappa shape index (κ2) is 6.80. The molecule has 88 valence electrons. The van der Waals surface area contributed by atoms with Gasteiger partial charge in [0.15, 0.2) is 0 Å². The molecule has 16 heavy (non-hydrogen) atoms. The Bertz CT molecular complexity index is 341. The minimum atomic E-state index is 1.23. The molecule has 0 amide bonds. The zero-order valence-corrected chi connectivity index (χ0v) is 11.7. The number of unbranched alkanes of at least 4 members (excludes halogenated alkanes) is 1. The molecule has 0 atom stereocenters. The van der Waals surface area contributed by atoms with Gasteiger partial charge in [0.1, 0.15) is 0 Å². The summed E-state index contributed by atoms with van der Waals surface area (Å²) >= 11 is 1.91. The fourth-order valence-electron chi connectivity index (χ4n) is 1.87. The van der Waals surface area contributed by atoms with E-state index in [1.54, 1.807) is 0 Å². The summed E-state index contributed by atoms with van der Waals surface area (Å²) in [5.41, 5.74) is 5.50. The molecule has 0 aliphatic carbocycles. The molecule has 0 unspecified atom stereocenters. The molecule has 0 heterocycles. The van der Waals surface area contributed by atoms with Crippen molar-refractivity contribution in [3.63, 3.8) is 0 Å². The van der Waals surface area contributed by atoms with Crippen LogP contribution in [-0.2, 0) is 0 Å². The maximum absolute atomic E-state index is 2.25. The topological polar surface area (TPSA) is 0 Å². The smallest absolute Gasteiger partial charge is 0.00261 e. The van der Waals surface area contributed by atoms with E-state index in [2.05, 4.69) is 51.3 Å². The molecule has 0 fully saturated rings. The van der Waals surface area contributed by atoms with Gasteiger partial charge in [-0.25, -0.2) is 0 Å². The van der Waals surface area contributed by atoms with Crippen molar-refractivity contribution in [2.75, 3.05) is 5.75 Å². The average molecular weight is 234 g/mol. The number of hydrogen-bond donors (Lipinski definition) is 0. The summed E-state index contributed by atoms with van der Waals surface area (Å²) in [6, 6.07) is 4.51. The Morgan fingerprint density at radius 3 is 2.31 bits per heavy atom. The first-order valence-corrected chi connectivity index (χ1v) is 7.06. The van der Waals surface area contributed by atoms with E-state index in [9.17, 15) is 0 Å². The van der Waals surface area contributed by atoms with Crippen molar-refractivity contribution in [1.82, 2.24) is 0 Å². The Balaban J connectivity index is 2.66. The summed E-state index contributed by atoms with van der Waals surface area (Å²) in [5.74, 6) is 1.23. The maximum atomic E-state index is 2.25. The standard InChI is InChI=1S/C15H22S/c1-5-6-8-16-9-7-15-13(3)10-12(2)11-14(15)4/h7,9-11H,5-6,8H2,1-4H3/b9-7+. The van der Waals surface area contributed by atoms with Crippen LogP contribution in [0, 0.1) is 20.8 Å². The lowest BCUT2D eigenvalue weighted by Crippen LogP contribution is -1.88. The van der Waals surface area contributed by atoms with Crippen molar-refractivity contribution in [1.29, 1.82) is 0 Å². The van der Waals surface area contributed by atoms with Crippen LogP contribution in [0.25, 0.3) is 6.08 Å². The highest BCUT2D eigenvalue weighted by Gasteiger charge is 1.99. The van der Waals surface area contributed by atoms with Gasteiger partial charge < -0.3 is 0 Å². The van der Waals surface area contributed by atoms with E-state index in [-0.39, 0.29) is 0 Å². The van der Waals surface area contributed by atoms with Gasteiger partial charge in [-0.3, -0.25) is 0 Å². The van der Waals surface area contributed by atoms with Crippen molar-refractivity contribution in [2.24, 2.45) is 0 Å². The van der Waals surface area contributed by atoms with Crippen LogP contribution in [-0.4, -0.2) is 5.75 Å². The third-order valence-corrected chi connectivity index (χ3v) is 3.54. The fourth-order valence-corrected chi connectivity index (χ4v) is 2.69. The minimum absolute atomic E-state index is 1.23. The van der Waals surface area contributed by atoms with E-state index in [0.29, 0.717) is 0 Å². The van der Waals surface area contributed by atoms with Crippen molar-refractivity contribution >= 4 is 17.8 Å². The van der Waals surface area contributed by atoms with Crippen LogP contribution in [0.1, 0.15) is 42.0 Å². The van der Waals surface area contributed by atoms with Gasteiger partial charge in [0.05, 0.1) is 0 Å². The first kappa shape index (κ1) is 13.4. The van der Waals surface area contributed by atoms with Gasteiger partial charge in [-0.05, 0) is 61.1 Å². The number of benzene rings is 1. The molecule has 1 aromatic carbocycles. The van der Waals surface area contributed by atoms with Crippen molar-refractivity contribution < 1.29 is 0 Å². The molecule has 0 saturated heterocycles. The molecule has 0 aliphatic rings. The predicted octanol–water partition coefficient (Wildman–Crippen LogP) is 5.12. The summed E-state index contributed by atoms with van der Waals surface area (Å²) in [7, 11) is 0. The number of thioether (sulfide) groups is 1. The highest BCUT2D eigenvalue weighted by atomic mass is 32.2. The summed E-state index contributed by atoms with van der Waals surface area (Å²) in [4.78, 5) is 0. The van der Waals surface area contributed by atoms with E-state index < -0.39 is 0 Å². The van der Waals surface area contributed by atoms with Crippen LogP contribution in [0.3, 0.4) is 0 Å². The highest BCUT2D eigenvalue weighted by Crippen LogP contribution is 2.19. The predicted molar refractivity (Wildman–Crippen MR) is 77.1 cm³/mol. The SMILES string of the molecule is CCCCS/C=C/c1c(C)cc(C)cc1C. The Hall–Kier alpha value is -0.690. The summed E-state index contributed by atoms with van der Waals surface area (Å²) in [6.45, 7) is 8.77. The van der Waals surface area contributed by atoms with Crippen LogP contribution in [0.5, 0.6) is 0 Å². The Morgan fingerprint density at radius 2 is 1.75 bits per heavy atom. The molecule has 1 rings (SSSR count). The summed E-state index contributed by atoms with van der Waals surface area (Å²) in [5, 5.41) is 2.24. The van der Waals surface area contributed by atoms with Gasteiger partial charge in [-0.1, -0.05) is 31.0 Å². The molecule has 0 saturated carbocycles. The largest absolute Gasteiger partial charge is 0.134 e. The van der Waals surface area contributed by atoms with Crippen LogP contribution in [0.15, 0.2) is 17.5 Å². The van der Waals surface area contributed by atoms with Crippen LogP contribution < -0.4 is 0 Å². The molecule has 0 nitrogen and oxygen atoms in total. The van der Waals surface area contributed by atoms with Crippen LogP contribution >= 0.6 is 11.8 Å². The number of aryl methyl sites for hydroxylation is 3. The van der Waals surface area contributed by atoms with E-state index >= 15 is 0 Å². The maximum Gasteiger partial charge on any atom is -0.00261 e. The van der Waals surface area contributed by atoms with Gasteiger partial charge >= 0.3 is 0 Å². The lowest BCUT2D eigenvalue weighted by molar-refractivity contribution is 0.898. The number of hydrogen-bond acceptors (Lipinski definition) is 1. The Morgan fingerprint density at radius 1 is 1.12 bits per heavy atom. The Labute approximate surface area is 104 Å². The van der Waals surface area contributed by atoms with Gasteiger partial charge in [0.25, 0.3) is 0 Å². The monoisotopic (exact) mass is 234 g/mol. The van der Waals surface area contributed by atoms with Crippen LogP contribution in [0.2, 0.25) is 0 Å². The van der Waals surface area contributed by atoms with Crippen LogP contribution in [0.4, 0.5) is 0 Å². The van der Waals surface area contributed by atoms with E-state index in [1.807, 2.05) is 11.8 Å². The lowest BCUT2D eigenvalue weighted by Gasteiger charge is -2.06. The molecule has 1 heteroatoms. The third-order valence-electron chi connectivity index (χ3n) is 2.68. The summed E-state index contributed by atoms with van der Waals surface area (Å²) < 4.78 is 0. The first-order chi connectivity index (χ1) is 7.65. The zero-order valence-electron chi connectivity index (χ0n) is 10.8. The molecular formula is C15H22S. The zero-order chi connectivity index (χ0) is 12.0. The molecule has 0 aliphatic heterocycles. The molecule has 0 N–H and O–H groups in total. The van der Waals surface area contributed by atoms with Crippen molar-refractivity contribution in [2.45, 2.75) is 40.5 Å². The molecule has 0 spiro atoms. The van der Waals surface area contributed by atoms with Crippen molar-refractivity contribution in [3.8, 4) is 0 Å². The first-order valence-electron chi connectivity index (χ1n) is 6.01. The van der Waals surface area contributed by atoms with E-state index in [0.717, 1.165) is 0 Å². The van der Waals surface area contributed by atoms with E-state index in [1.165, 1.54) is 40.8 Å². The molecule has 0 radical (unpaired) electrons. The summed E-state index contributed by atoms with van der Waals surface area (Å²) in [6.07, 6.45) is 4.84. The highest BCUT2D eigenvalue weighted by molar-refractivity contribution is 8.02. The van der Waals surface area contributed by atoms with Gasteiger partial charge in [0.2, 0.25) is 0 Å². The fraction of sp³-hybridized carbons (Fsp3) is 0.467. The third kappa shape index (κ3) is 4.05. The Kier molecular flexibility index (Phi) is 5.68. The van der Waals surface area contributed by atoms with Gasteiger partial charge in [-0.15, -0.1) is 11.8 Å². The quantitative estimate of drug-likeness (QED) is 0.637. The average Bonchev–Trinajstić information content (AvgIpc) is 2.20. The molecule has 1 aromatic rings.